The molecule has 1 aliphatic carbocycles. The molecule has 1 nitrogen and oxygen atoms in total. The lowest BCUT2D eigenvalue weighted by Gasteiger charge is -2.26. The monoisotopic (exact) mass is 424 g/mol. The summed E-state index contributed by atoms with van der Waals surface area (Å²) in [4.78, 5) is 0. The minimum Gasteiger partial charge on any atom is -0.380 e. The van der Waals surface area contributed by atoms with E-state index in [9.17, 15) is 13.2 Å². The van der Waals surface area contributed by atoms with Crippen molar-refractivity contribution in [3.8, 4) is 22.3 Å². The smallest absolute Gasteiger partial charge is 0.167 e. The van der Waals surface area contributed by atoms with Gasteiger partial charge in [-0.2, -0.15) is 0 Å². The molecule has 1 saturated carbocycles. The molecule has 3 aromatic rings. The molecular formula is C27H27F3O. The third kappa shape index (κ3) is 4.54. The molecule has 4 heteroatoms. The predicted molar refractivity (Wildman–Crippen MR) is 118 cm³/mol. The van der Waals surface area contributed by atoms with E-state index in [1.54, 1.807) is 24.3 Å². The highest BCUT2D eigenvalue weighted by Gasteiger charge is 2.22. The second-order valence-electron chi connectivity index (χ2n) is 8.60. The molecule has 162 valence electrons. The standard InChI is InChI=1S/C27H27F3O/c1-17-3-5-19(6-4-17)23-13-11-21(15-25(23)28)18-7-9-20(10-8-18)24-14-12-22(16-31-2)26(29)27(24)30/h7-15,17,19H,3-6,16H2,1-2H3. The third-order valence-electron chi connectivity index (χ3n) is 6.45. The van der Waals surface area contributed by atoms with Gasteiger partial charge in [0.15, 0.2) is 11.6 Å². The van der Waals surface area contributed by atoms with Crippen LogP contribution >= 0.6 is 0 Å². The van der Waals surface area contributed by atoms with Crippen LogP contribution in [0.4, 0.5) is 13.2 Å². The number of halogens is 3. The molecule has 1 fully saturated rings. The van der Waals surface area contributed by atoms with Crippen LogP contribution in [0, 0.1) is 23.4 Å². The van der Waals surface area contributed by atoms with Crippen LogP contribution in [0.2, 0.25) is 0 Å². The van der Waals surface area contributed by atoms with E-state index in [4.69, 9.17) is 4.74 Å². The van der Waals surface area contributed by atoms with Crippen LogP contribution in [0.25, 0.3) is 22.3 Å². The Morgan fingerprint density at radius 2 is 1.42 bits per heavy atom. The van der Waals surface area contributed by atoms with E-state index < -0.39 is 11.6 Å². The fraction of sp³-hybridized carbons (Fsp3) is 0.333. The molecule has 31 heavy (non-hydrogen) atoms. The van der Waals surface area contributed by atoms with Gasteiger partial charge in [-0.15, -0.1) is 0 Å². The SMILES string of the molecule is COCc1ccc(-c2ccc(-c3ccc(C4CCC(C)CC4)c(F)c3)cc2)c(F)c1F. The second kappa shape index (κ2) is 9.27. The second-order valence-corrected chi connectivity index (χ2v) is 8.60. The Kier molecular flexibility index (Phi) is 6.47. The maximum absolute atomic E-state index is 14.9. The zero-order valence-corrected chi connectivity index (χ0v) is 17.9. The van der Waals surface area contributed by atoms with Crippen molar-refractivity contribution in [2.45, 2.75) is 45.1 Å². The van der Waals surface area contributed by atoms with Crippen LogP contribution in [0.5, 0.6) is 0 Å². The molecule has 0 radical (unpaired) electrons. The summed E-state index contributed by atoms with van der Waals surface area (Å²) in [6, 6.07) is 15.6. The number of ether oxygens (including phenoxy) is 1. The zero-order valence-electron chi connectivity index (χ0n) is 17.9. The summed E-state index contributed by atoms with van der Waals surface area (Å²) < 4.78 is 48.5. The molecule has 0 atom stereocenters. The molecule has 0 amide bonds. The minimum absolute atomic E-state index is 0.0173. The summed E-state index contributed by atoms with van der Waals surface area (Å²) in [5.41, 5.74) is 3.36. The Morgan fingerprint density at radius 1 is 0.774 bits per heavy atom. The van der Waals surface area contributed by atoms with Crippen LogP contribution in [0.3, 0.4) is 0 Å². The van der Waals surface area contributed by atoms with E-state index in [1.165, 1.54) is 13.2 Å². The number of methoxy groups -OCH3 is 1. The highest BCUT2D eigenvalue weighted by Crippen LogP contribution is 2.38. The van der Waals surface area contributed by atoms with Crippen molar-refractivity contribution < 1.29 is 17.9 Å². The average Bonchev–Trinajstić information content (AvgIpc) is 2.78. The molecule has 0 bridgehead atoms. The highest BCUT2D eigenvalue weighted by molar-refractivity contribution is 5.71. The molecule has 0 aromatic heterocycles. The minimum atomic E-state index is -0.891. The van der Waals surface area contributed by atoms with Gasteiger partial charge in [0.25, 0.3) is 0 Å². The summed E-state index contributed by atoms with van der Waals surface area (Å²) in [7, 11) is 1.44. The van der Waals surface area contributed by atoms with Gasteiger partial charge in [0.1, 0.15) is 5.82 Å². The van der Waals surface area contributed by atoms with Gasteiger partial charge in [-0.05, 0) is 53.0 Å². The van der Waals surface area contributed by atoms with Crippen molar-refractivity contribution in [2.24, 2.45) is 5.92 Å². The number of hydrogen-bond acceptors (Lipinski definition) is 1. The van der Waals surface area contributed by atoms with Crippen molar-refractivity contribution in [1.82, 2.24) is 0 Å². The van der Waals surface area contributed by atoms with Gasteiger partial charge >= 0.3 is 0 Å². The lowest BCUT2D eigenvalue weighted by Crippen LogP contribution is -2.12. The molecule has 1 aliphatic rings. The molecule has 0 saturated heterocycles. The Balaban J connectivity index is 1.56. The quantitative estimate of drug-likeness (QED) is 0.405. The Bertz CT molecular complexity index is 1050. The van der Waals surface area contributed by atoms with E-state index in [2.05, 4.69) is 6.92 Å². The van der Waals surface area contributed by atoms with Crippen molar-refractivity contribution >= 4 is 0 Å². The molecule has 4 rings (SSSR count). The zero-order chi connectivity index (χ0) is 22.0. The molecular weight excluding hydrogens is 397 g/mol. The first kappa shape index (κ1) is 21.6. The van der Waals surface area contributed by atoms with Crippen molar-refractivity contribution in [3.63, 3.8) is 0 Å². The van der Waals surface area contributed by atoms with Gasteiger partial charge < -0.3 is 4.74 Å². The van der Waals surface area contributed by atoms with Crippen LogP contribution in [0.15, 0.2) is 54.6 Å². The van der Waals surface area contributed by atoms with Crippen molar-refractivity contribution in [3.05, 3.63) is 83.2 Å². The van der Waals surface area contributed by atoms with E-state index >= 15 is 0 Å². The van der Waals surface area contributed by atoms with Crippen molar-refractivity contribution in [1.29, 1.82) is 0 Å². The van der Waals surface area contributed by atoms with Gasteiger partial charge in [0, 0.05) is 18.2 Å². The first-order valence-corrected chi connectivity index (χ1v) is 10.8. The summed E-state index contributed by atoms with van der Waals surface area (Å²) in [6.45, 7) is 2.27. The van der Waals surface area contributed by atoms with Gasteiger partial charge in [-0.25, -0.2) is 13.2 Å². The van der Waals surface area contributed by atoms with Crippen molar-refractivity contribution in [2.75, 3.05) is 7.11 Å². The number of hydrogen-bond donors (Lipinski definition) is 0. The highest BCUT2D eigenvalue weighted by atomic mass is 19.2. The summed E-state index contributed by atoms with van der Waals surface area (Å²) in [5.74, 6) is -0.918. The van der Waals surface area contributed by atoms with Gasteiger partial charge in [-0.1, -0.05) is 68.3 Å². The lowest BCUT2D eigenvalue weighted by atomic mass is 9.79. The Morgan fingerprint density at radius 3 is 2.06 bits per heavy atom. The van der Waals surface area contributed by atoms with Crippen LogP contribution in [-0.2, 0) is 11.3 Å². The maximum Gasteiger partial charge on any atom is 0.167 e. The van der Waals surface area contributed by atoms with Gasteiger partial charge in [-0.3, -0.25) is 0 Å². The first-order valence-electron chi connectivity index (χ1n) is 10.8. The topological polar surface area (TPSA) is 9.23 Å². The van der Waals surface area contributed by atoms with Gasteiger partial charge in [0.05, 0.1) is 6.61 Å². The van der Waals surface area contributed by atoms with Crippen LogP contribution in [-0.4, -0.2) is 7.11 Å². The molecule has 0 heterocycles. The van der Waals surface area contributed by atoms with E-state index in [1.807, 2.05) is 24.3 Å². The summed E-state index contributed by atoms with van der Waals surface area (Å²) in [5, 5.41) is 0. The van der Waals surface area contributed by atoms with Crippen LogP contribution in [0.1, 0.15) is 49.7 Å². The molecule has 0 spiro atoms. The molecule has 0 aliphatic heterocycles. The molecule has 3 aromatic carbocycles. The predicted octanol–water partition coefficient (Wildman–Crippen LogP) is 7.88. The average molecular weight is 425 g/mol. The Labute approximate surface area is 181 Å². The summed E-state index contributed by atoms with van der Waals surface area (Å²) in [6.07, 6.45) is 4.38. The fourth-order valence-electron chi connectivity index (χ4n) is 4.53. The first-order chi connectivity index (χ1) is 15.0. The molecule has 0 N–H and O–H groups in total. The summed E-state index contributed by atoms with van der Waals surface area (Å²) >= 11 is 0. The fourth-order valence-corrected chi connectivity index (χ4v) is 4.53. The third-order valence-corrected chi connectivity index (χ3v) is 6.45. The normalized spacial score (nSPS) is 18.9. The van der Waals surface area contributed by atoms with E-state index in [0.717, 1.165) is 48.3 Å². The van der Waals surface area contributed by atoms with E-state index in [-0.39, 0.29) is 23.6 Å². The number of rotatable bonds is 5. The largest absolute Gasteiger partial charge is 0.380 e. The number of benzene rings is 3. The molecule has 0 unspecified atom stereocenters. The lowest BCUT2D eigenvalue weighted by molar-refractivity contribution is 0.180. The maximum atomic E-state index is 14.9. The van der Waals surface area contributed by atoms with Crippen LogP contribution < -0.4 is 0 Å². The van der Waals surface area contributed by atoms with E-state index in [0.29, 0.717) is 11.5 Å². The van der Waals surface area contributed by atoms with Gasteiger partial charge in [0.2, 0.25) is 0 Å². The Hall–Kier alpha value is -2.59.